The summed E-state index contributed by atoms with van der Waals surface area (Å²) < 4.78 is 0. The van der Waals surface area contributed by atoms with Crippen LogP contribution in [0.3, 0.4) is 0 Å². The van der Waals surface area contributed by atoms with Crippen LogP contribution in [0.4, 0.5) is 5.69 Å². The number of aryl methyl sites for hydroxylation is 2. The van der Waals surface area contributed by atoms with Gasteiger partial charge in [-0.05, 0) is 47.4 Å². The fourth-order valence-electron chi connectivity index (χ4n) is 2.30. The predicted molar refractivity (Wildman–Crippen MR) is 70.1 cm³/mol. The molecule has 0 bridgehead atoms. The Morgan fingerprint density at radius 1 is 1.12 bits per heavy atom. The number of hydrogen-bond donors (Lipinski definition) is 1. The van der Waals surface area contributed by atoms with E-state index in [1.165, 1.54) is 30.5 Å². The Morgan fingerprint density at radius 2 is 2.06 bits per heavy atom. The molecular formula is C14H15NS. The number of nitrogens with one attached hydrogen (secondary N) is 1. The van der Waals surface area contributed by atoms with Gasteiger partial charge in [-0.3, -0.25) is 0 Å². The monoisotopic (exact) mass is 229 g/mol. The van der Waals surface area contributed by atoms with Gasteiger partial charge in [-0.1, -0.05) is 18.2 Å². The molecule has 0 fully saturated rings. The molecule has 0 aliphatic heterocycles. The number of thiophene rings is 1. The van der Waals surface area contributed by atoms with Crippen molar-refractivity contribution in [2.75, 3.05) is 5.32 Å². The molecule has 1 aliphatic rings. The van der Waals surface area contributed by atoms with Crippen molar-refractivity contribution in [2.45, 2.75) is 25.8 Å². The molecule has 1 aromatic heterocycles. The first kappa shape index (κ1) is 9.91. The van der Waals surface area contributed by atoms with Gasteiger partial charge in [0.15, 0.2) is 0 Å². The molecule has 0 unspecified atom stereocenters. The largest absolute Gasteiger partial charge is 0.380 e. The van der Waals surface area contributed by atoms with E-state index in [1.807, 2.05) is 0 Å². The summed E-state index contributed by atoms with van der Waals surface area (Å²) in [5.41, 5.74) is 5.74. The molecule has 0 saturated carbocycles. The van der Waals surface area contributed by atoms with E-state index in [-0.39, 0.29) is 0 Å². The molecule has 2 heteroatoms. The molecule has 0 radical (unpaired) electrons. The van der Waals surface area contributed by atoms with Gasteiger partial charge in [0.05, 0.1) is 0 Å². The van der Waals surface area contributed by atoms with Crippen molar-refractivity contribution in [3.63, 3.8) is 0 Å². The minimum Gasteiger partial charge on any atom is -0.380 e. The zero-order valence-electron chi connectivity index (χ0n) is 9.20. The Bertz CT molecular complexity index is 473. The summed E-state index contributed by atoms with van der Waals surface area (Å²) in [7, 11) is 0. The molecule has 16 heavy (non-hydrogen) atoms. The fraction of sp³-hybridized carbons (Fsp3) is 0.286. The molecule has 3 rings (SSSR count). The van der Waals surface area contributed by atoms with Crippen LogP contribution in [-0.4, -0.2) is 0 Å². The number of fused-ring (bicyclic) bond motifs is 1. The Kier molecular flexibility index (Phi) is 2.66. The molecule has 2 aromatic rings. The number of rotatable bonds is 3. The Balaban J connectivity index is 1.71. The van der Waals surface area contributed by atoms with Crippen molar-refractivity contribution < 1.29 is 0 Å². The highest BCUT2D eigenvalue weighted by molar-refractivity contribution is 7.08. The average Bonchev–Trinajstić information content (AvgIpc) is 2.97. The summed E-state index contributed by atoms with van der Waals surface area (Å²) in [4.78, 5) is 0. The minimum absolute atomic E-state index is 0.935. The van der Waals surface area contributed by atoms with Gasteiger partial charge in [0, 0.05) is 17.6 Å². The predicted octanol–water partition coefficient (Wildman–Crippen LogP) is 3.85. The molecule has 1 aliphatic carbocycles. The van der Waals surface area contributed by atoms with Crippen LogP contribution in [-0.2, 0) is 19.4 Å². The van der Waals surface area contributed by atoms with Crippen LogP contribution < -0.4 is 5.32 Å². The van der Waals surface area contributed by atoms with Gasteiger partial charge >= 0.3 is 0 Å². The topological polar surface area (TPSA) is 12.0 Å². The normalized spacial score (nSPS) is 13.8. The van der Waals surface area contributed by atoms with E-state index in [9.17, 15) is 0 Å². The van der Waals surface area contributed by atoms with Crippen LogP contribution in [0, 0.1) is 0 Å². The summed E-state index contributed by atoms with van der Waals surface area (Å²) in [6, 6.07) is 9.04. The van der Waals surface area contributed by atoms with E-state index in [2.05, 4.69) is 40.3 Å². The first-order chi connectivity index (χ1) is 7.92. The molecule has 0 saturated heterocycles. The van der Waals surface area contributed by atoms with E-state index in [0.717, 1.165) is 6.54 Å². The van der Waals surface area contributed by atoms with Gasteiger partial charge in [-0.2, -0.15) is 11.3 Å². The van der Waals surface area contributed by atoms with Gasteiger partial charge < -0.3 is 5.32 Å². The van der Waals surface area contributed by atoms with Crippen molar-refractivity contribution in [1.29, 1.82) is 0 Å². The van der Waals surface area contributed by atoms with Gasteiger partial charge in [0.2, 0.25) is 0 Å². The maximum atomic E-state index is 3.44. The zero-order chi connectivity index (χ0) is 10.8. The average molecular weight is 229 g/mol. The van der Waals surface area contributed by atoms with E-state index in [4.69, 9.17) is 0 Å². The highest BCUT2D eigenvalue weighted by atomic mass is 32.1. The smallest absolute Gasteiger partial charge is 0.0451 e. The quantitative estimate of drug-likeness (QED) is 0.843. The highest BCUT2D eigenvalue weighted by Crippen LogP contribution is 2.23. The van der Waals surface area contributed by atoms with Gasteiger partial charge in [0.25, 0.3) is 0 Å². The number of hydrogen-bond acceptors (Lipinski definition) is 2. The van der Waals surface area contributed by atoms with Gasteiger partial charge in [-0.15, -0.1) is 0 Å². The third kappa shape index (κ3) is 1.98. The molecule has 1 aromatic carbocycles. The highest BCUT2D eigenvalue weighted by Gasteiger charge is 2.10. The molecule has 0 spiro atoms. The second-order valence-electron chi connectivity index (χ2n) is 4.32. The van der Waals surface area contributed by atoms with E-state index in [0.29, 0.717) is 0 Å². The number of benzene rings is 1. The summed E-state index contributed by atoms with van der Waals surface area (Å²) in [5, 5.41) is 7.69. The van der Waals surface area contributed by atoms with Crippen LogP contribution in [0.25, 0.3) is 0 Å². The lowest BCUT2D eigenvalue weighted by molar-refractivity contribution is 0.911. The van der Waals surface area contributed by atoms with Gasteiger partial charge in [-0.25, -0.2) is 0 Å². The molecular weight excluding hydrogens is 214 g/mol. The van der Waals surface area contributed by atoms with Crippen molar-refractivity contribution in [1.82, 2.24) is 0 Å². The first-order valence-electron chi connectivity index (χ1n) is 5.78. The molecule has 1 nitrogen and oxygen atoms in total. The molecule has 82 valence electrons. The van der Waals surface area contributed by atoms with Crippen LogP contribution >= 0.6 is 11.3 Å². The van der Waals surface area contributed by atoms with Crippen LogP contribution in [0.5, 0.6) is 0 Å². The third-order valence-corrected chi connectivity index (χ3v) is 3.86. The molecule has 1 N–H and O–H groups in total. The molecule has 1 heterocycles. The molecule has 0 amide bonds. The van der Waals surface area contributed by atoms with Crippen LogP contribution in [0.2, 0.25) is 0 Å². The summed E-state index contributed by atoms with van der Waals surface area (Å²) in [6.07, 6.45) is 3.87. The van der Waals surface area contributed by atoms with Crippen LogP contribution in [0.1, 0.15) is 23.1 Å². The zero-order valence-corrected chi connectivity index (χ0v) is 10.0. The third-order valence-electron chi connectivity index (χ3n) is 3.18. The lowest BCUT2D eigenvalue weighted by Gasteiger charge is -2.06. The maximum Gasteiger partial charge on any atom is 0.0451 e. The van der Waals surface area contributed by atoms with Crippen molar-refractivity contribution >= 4 is 17.0 Å². The molecule has 0 atom stereocenters. The minimum atomic E-state index is 0.935. The van der Waals surface area contributed by atoms with Crippen molar-refractivity contribution in [3.8, 4) is 0 Å². The summed E-state index contributed by atoms with van der Waals surface area (Å²) in [5.74, 6) is 0. The fourth-order valence-corrected chi connectivity index (χ4v) is 2.92. The Labute approximate surface area is 100 Å². The van der Waals surface area contributed by atoms with Crippen LogP contribution in [0.15, 0.2) is 35.0 Å². The van der Waals surface area contributed by atoms with E-state index >= 15 is 0 Å². The standard InChI is InChI=1S/C14H15NS/c1-2-12-5-4-11(8-13(12)3-1)9-15-14-6-7-16-10-14/h4-8,10,15H,1-3,9H2. The lowest BCUT2D eigenvalue weighted by atomic mass is 10.1. The SMILES string of the molecule is c1cc(NCc2ccc3c(c2)CCC3)cs1. The second-order valence-corrected chi connectivity index (χ2v) is 5.10. The summed E-state index contributed by atoms with van der Waals surface area (Å²) >= 11 is 1.73. The van der Waals surface area contributed by atoms with E-state index in [1.54, 1.807) is 22.5 Å². The van der Waals surface area contributed by atoms with E-state index < -0.39 is 0 Å². The maximum absolute atomic E-state index is 3.44. The second kappa shape index (κ2) is 4.30. The number of anilines is 1. The lowest BCUT2D eigenvalue weighted by Crippen LogP contribution is -1.99. The Morgan fingerprint density at radius 3 is 2.94 bits per heavy atom. The first-order valence-corrected chi connectivity index (χ1v) is 6.73. The summed E-state index contributed by atoms with van der Waals surface area (Å²) in [6.45, 7) is 0.935. The van der Waals surface area contributed by atoms with Crippen molar-refractivity contribution in [3.05, 3.63) is 51.7 Å². The van der Waals surface area contributed by atoms with Crippen molar-refractivity contribution in [2.24, 2.45) is 0 Å². The van der Waals surface area contributed by atoms with Gasteiger partial charge in [0.1, 0.15) is 0 Å². The Hall–Kier alpha value is -1.28.